The van der Waals surface area contributed by atoms with E-state index in [0.29, 0.717) is 11.5 Å². The van der Waals surface area contributed by atoms with Gasteiger partial charge in [0.05, 0.1) is 11.4 Å². The Kier molecular flexibility index (Phi) is 5.40. The van der Waals surface area contributed by atoms with E-state index in [1.165, 1.54) is 6.08 Å². The number of carbonyl (C=O) groups excluding carboxylic acids is 2. The molecule has 1 fully saturated rings. The second kappa shape index (κ2) is 7.56. The van der Waals surface area contributed by atoms with Crippen LogP contribution in [0.5, 0.6) is 0 Å². The van der Waals surface area contributed by atoms with E-state index in [2.05, 4.69) is 15.9 Å². The number of halogens is 1. The summed E-state index contributed by atoms with van der Waals surface area (Å²) in [6.07, 6.45) is 1.52. The van der Waals surface area contributed by atoms with Crippen LogP contribution in [0.4, 0.5) is 0 Å². The summed E-state index contributed by atoms with van der Waals surface area (Å²) >= 11 is 9.42. The first-order valence-electron chi connectivity index (χ1n) is 7.22. The Morgan fingerprint density at radius 1 is 1.23 bits per heavy atom. The zero-order valence-electron chi connectivity index (χ0n) is 13.0. The van der Waals surface area contributed by atoms with Gasteiger partial charge in [0.1, 0.15) is 15.8 Å². The van der Waals surface area contributed by atoms with E-state index in [4.69, 9.17) is 21.7 Å². The number of amides is 1. The molecule has 1 aliphatic heterocycles. The van der Waals surface area contributed by atoms with E-state index in [0.717, 1.165) is 26.7 Å². The van der Waals surface area contributed by atoms with Crippen LogP contribution in [0.2, 0.25) is 0 Å². The highest BCUT2D eigenvalue weighted by molar-refractivity contribution is 9.10. The van der Waals surface area contributed by atoms with Gasteiger partial charge >= 0.3 is 5.97 Å². The van der Waals surface area contributed by atoms with E-state index in [-0.39, 0.29) is 9.23 Å². The maximum Gasteiger partial charge on any atom is 0.374 e. The van der Waals surface area contributed by atoms with E-state index < -0.39 is 24.2 Å². The van der Waals surface area contributed by atoms with Crippen LogP contribution in [-0.2, 0) is 14.4 Å². The Bertz CT molecular complexity index is 948. The van der Waals surface area contributed by atoms with Gasteiger partial charge in [0, 0.05) is 16.1 Å². The monoisotopic (exact) mass is 451 g/mol. The van der Waals surface area contributed by atoms with Crippen molar-refractivity contribution in [2.75, 3.05) is 6.54 Å². The molecule has 0 aliphatic carbocycles. The first-order chi connectivity index (χ1) is 12.3. The van der Waals surface area contributed by atoms with Crippen molar-refractivity contribution < 1.29 is 23.9 Å². The molecule has 6 nitrogen and oxygen atoms in total. The van der Waals surface area contributed by atoms with Crippen molar-refractivity contribution in [2.45, 2.75) is 0 Å². The van der Waals surface area contributed by atoms with Crippen molar-refractivity contribution >= 4 is 68.0 Å². The van der Waals surface area contributed by atoms with Gasteiger partial charge in [-0.15, -0.1) is 0 Å². The fraction of sp³-hybridized carbons (Fsp3) is 0.0588. The molecular weight excluding hydrogens is 442 g/mol. The van der Waals surface area contributed by atoms with Gasteiger partial charge in [0.2, 0.25) is 0 Å². The molecule has 0 unspecified atom stereocenters. The number of carboxylic acids is 1. The number of hydrogen-bond acceptors (Lipinski definition) is 6. The molecule has 0 radical (unpaired) electrons. The van der Waals surface area contributed by atoms with Crippen molar-refractivity contribution in [1.29, 1.82) is 0 Å². The number of furan rings is 1. The summed E-state index contributed by atoms with van der Waals surface area (Å²) in [5.41, 5.74) is 0.882. The molecule has 132 valence electrons. The lowest BCUT2D eigenvalue weighted by atomic mass is 10.2. The number of ketones is 1. The quantitative estimate of drug-likeness (QED) is 0.422. The van der Waals surface area contributed by atoms with Crippen molar-refractivity contribution in [3.05, 3.63) is 51.5 Å². The topological polar surface area (TPSA) is 87.8 Å². The lowest BCUT2D eigenvalue weighted by molar-refractivity contribution is -0.149. The number of thioether (sulfide) groups is 1. The maximum absolute atomic E-state index is 12.3. The normalized spacial score (nSPS) is 15.7. The van der Waals surface area contributed by atoms with Gasteiger partial charge in [-0.1, -0.05) is 52.0 Å². The van der Waals surface area contributed by atoms with Crippen LogP contribution in [0.1, 0.15) is 5.76 Å². The summed E-state index contributed by atoms with van der Waals surface area (Å²) < 4.78 is 6.82. The first kappa shape index (κ1) is 18.6. The highest BCUT2D eigenvalue weighted by Crippen LogP contribution is 2.33. The molecule has 2 heterocycles. The SMILES string of the molecule is O=C(O)C(=O)CN1C(=O)C(=Cc2ccc(-c3ccc(Br)cc3)o2)SC1=S. The van der Waals surface area contributed by atoms with Crippen molar-refractivity contribution in [2.24, 2.45) is 0 Å². The van der Waals surface area contributed by atoms with Gasteiger partial charge < -0.3 is 9.52 Å². The molecule has 0 atom stereocenters. The van der Waals surface area contributed by atoms with Crippen LogP contribution in [0.15, 0.2) is 50.2 Å². The average molecular weight is 452 g/mol. The van der Waals surface area contributed by atoms with Gasteiger partial charge in [-0.25, -0.2) is 4.79 Å². The second-order valence-electron chi connectivity index (χ2n) is 5.21. The van der Waals surface area contributed by atoms with E-state index >= 15 is 0 Å². The number of thiocarbonyl (C=S) groups is 1. The molecule has 0 bridgehead atoms. The van der Waals surface area contributed by atoms with Gasteiger partial charge in [0.25, 0.3) is 11.7 Å². The molecule has 3 rings (SSSR count). The standard InChI is InChI=1S/C17H10BrNO5S2/c18-10-3-1-9(2-4-10)13-6-5-11(24-13)7-14-15(21)19(17(25)26-14)8-12(20)16(22)23/h1-7H,8H2,(H,22,23). The first-order valence-corrected chi connectivity index (χ1v) is 9.24. The molecule has 1 aromatic carbocycles. The fourth-order valence-electron chi connectivity index (χ4n) is 2.18. The van der Waals surface area contributed by atoms with Crippen LogP contribution in [0, 0.1) is 0 Å². The lowest BCUT2D eigenvalue weighted by Gasteiger charge is -2.11. The highest BCUT2D eigenvalue weighted by Gasteiger charge is 2.34. The minimum absolute atomic E-state index is 0.135. The van der Waals surface area contributed by atoms with Gasteiger partial charge in [0.15, 0.2) is 0 Å². The fourth-order valence-corrected chi connectivity index (χ4v) is 3.68. The summed E-state index contributed by atoms with van der Waals surface area (Å²) in [7, 11) is 0. The summed E-state index contributed by atoms with van der Waals surface area (Å²) in [4.78, 5) is 35.6. The molecule has 9 heteroatoms. The Labute approximate surface area is 166 Å². The molecule has 1 aliphatic rings. The van der Waals surface area contributed by atoms with Crippen LogP contribution >= 0.6 is 39.9 Å². The molecule has 2 aromatic rings. The van der Waals surface area contributed by atoms with Crippen molar-refractivity contribution in [3.8, 4) is 11.3 Å². The van der Waals surface area contributed by atoms with E-state index in [9.17, 15) is 14.4 Å². The Balaban J connectivity index is 1.79. The minimum Gasteiger partial charge on any atom is -0.475 e. The molecule has 26 heavy (non-hydrogen) atoms. The summed E-state index contributed by atoms with van der Waals surface area (Å²) in [6, 6.07) is 11.1. The molecule has 0 spiro atoms. The van der Waals surface area contributed by atoms with Gasteiger partial charge in [-0.05, 0) is 24.3 Å². The summed E-state index contributed by atoms with van der Waals surface area (Å²) in [5, 5.41) is 8.67. The van der Waals surface area contributed by atoms with Crippen LogP contribution < -0.4 is 0 Å². The van der Waals surface area contributed by atoms with Crippen molar-refractivity contribution in [1.82, 2.24) is 4.90 Å². The second-order valence-corrected chi connectivity index (χ2v) is 7.80. The van der Waals surface area contributed by atoms with Gasteiger partial charge in [-0.3, -0.25) is 14.5 Å². The number of Topliss-reactive ketones (excluding diaryl/α,β-unsaturated/α-hetero) is 1. The average Bonchev–Trinajstić information content (AvgIpc) is 3.16. The zero-order valence-corrected chi connectivity index (χ0v) is 16.2. The number of benzene rings is 1. The summed E-state index contributed by atoms with van der Waals surface area (Å²) in [6.45, 7) is -0.584. The Hall–Kier alpha value is -2.23. The van der Waals surface area contributed by atoms with Crippen molar-refractivity contribution in [3.63, 3.8) is 0 Å². The minimum atomic E-state index is -1.60. The largest absolute Gasteiger partial charge is 0.475 e. The Morgan fingerprint density at radius 2 is 1.92 bits per heavy atom. The third kappa shape index (κ3) is 3.95. The summed E-state index contributed by atoms with van der Waals surface area (Å²) in [5.74, 6) is -2.13. The number of nitrogens with zero attached hydrogens (tertiary/aromatic N) is 1. The number of rotatable bonds is 5. The number of carbonyl (C=O) groups is 3. The third-order valence-electron chi connectivity index (χ3n) is 3.44. The molecular formula is C17H10BrNO5S2. The predicted octanol–water partition coefficient (Wildman–Crippen LogP) is 3.56. The van der Waals surface area contributed by atoms with Crippen LogP contribution in [0.3, 0.4) is 0 Å². The number of hydrogen-bond donors (Lipinski definition) is 1. The maximum atomic E-state index is 12.3. The molecule has 1 amide bonds. The molecule has 1 N–H and O–H groups in total. The van der Waals surface area contributed by atoms with Crippen LogP contribution in [-0.4, -0.2) is 38.5 Å². The van der Waals surface area contributed by atoms with E-state index in [1.807, 2.05) is 24.3 Å². The Morgan fingerprint density at radius 3 is 2.58 bits per heavy atom. The van der Waals surface area contributed by atoms with E-state index in [1.54, 1.807) is 12.1 Å². The zero-order chi connectivity index (χ0) is 18.8. The molecule has 1 aromatic heterocycles. The highest BCUT2D eigenvalue weighted by atomic mass is 79.9. The number of carboxylic acid groups (broad SMARTS) is 1. The lowest BCUT2D eigenvalue weighted by Crippen LogP contribution is -2.36. The smallest absolute Gasteiger partial charge is 0.374 e. The predicted molar refractivity (Wildman–Crippen MR) is 104 cm³/mol. The van der Waals surface area contributed by atoms with Crippen LogP contribution in [0.25, 0.3) is 17.4 Å². The third-order valence-corrected chi connectivity index (χ3v) is 5.35. The number of aliphatic carboxylic acids is 1. The van der Waals surface area contributed by atoms with Gasteiger partial charge in [-0.2, -0.15) is 0 Å². The molecule has 1 saturated heterocycles. The molecule has 0 saturated carbocycles.